The van der Waals surface area contributed by atoms with Gasteiger partial charge in [0.1, 0.15) is 30.8 Å². The molecule has 13 heteroatoms. The number of rotatable bonds is 4. The fourth-order valence-corrected chi connectivity index (χ4v) is 5.47. The van der Waals surface area contributed by atoms with Crippen LogP contribution in [-0.2, 0) is 18.5 Å². The van der Waals surface area contributed by atoms with Crippen LogP contribution in [0.4, 0.5) is 17.3 Å². The van der Waals surface area contributed by atoms with E-state index in [2.05, 4.69) is 29.1 Å². The number of hydrogen-bond acceptors (Lipinski definition) is 12. The van der Waals surface area contributed by atoms with Crippen molar-refractivity contribution >= 4 is 37.3 Å². The molecule has 2 saturated heterocycles. The number of fused-ring (bicyclic) bond motifs is 2. The van der Waals surface area contributed by atoms with Crippen LogP contribution < -0.4 is 16.0 Å². The number of thioether (sulfide) groups is 1. The molecular weight excluding hydrogens is 397 g/mol. The molecule has 1 aromatic heterocycles. The fourth-order valence-electron chi connectivity index (χ4n) is 3.44. The summed E-state index contributed by atoms with van der Waals surface area (Å²) in [4.78, 5) is 29.9. The molecule has 0 bridgehead atoms. The molecule has 5 atom stereocenters. The summed E-state index contributed by atoms with van der Waals surface area (Å²) in [5, 5.41) is 3.65. The standard InChI is InChI=1S/C14H23N5O6PS/c1-6(2)27-14-18-8-11(15)16-5-17-12(8)19(14)13-10(22-3)9-7(24-13)4-23-26(20,21)25-9/h5-7,9-10,13-14,18,20-21H,4H2,1-3H3,(H2,15,16,17)/q+1/t7?,9-,10-,13+,14?/m0/s1. The van der Waals surface area contributed by atoms with Gasteiger partial charge in [0, 0.05) is 12.4 Å². The Morgan fingerprint density at radius 1 is 1.44 bits per heavy atom. The van der Waals surface area contributed by atoms with Crippen molar-refractivity contribution in [1.82, 2.24) is 9.97 Å². The zero-order chi connectivity index (χ0) is 19.3. The highest BCUT2D eigenvalue weighted by Crippen LogP contribution is 2.59. The molecular formula is C14H23N5O6PS+. The minimum Gasteiger partial charge on any atom is -0.382 e. The highest BCUT2D eigenvalue weighted by Gasteiger charge is 2.62. The molecule has 4 rings (SSSR count). The second-order valence-corrected chi connectivity index (χ2v) is 9.78. The summed E-state index contributed by atoms with van der Waals surface area (Å²) in [7, 11) is -2.34. The third-order valence-corrected chi connectivity index (χ3v) is 6.67. The Balaban J connectivity index is 1.68. The molecule has 2 unspecified atom stereocenters. The molecule has 0 spiro atoms. The number of nitrogens with two attached hydrogens (primary N) is 1. The maximum Gasteiger partial charge on any atom is 0.570 e. The maximum atomic E-state index is 9.80. The lowest BCUT2D eigenvalue weighted by Crippen LogP contribution is -2.50. The molecule has 4 heterocycles. The van der Waals surface area contributed by atoms with Crippen LogP contribution in [0.1, 0.15) is 13.8 Å². The van der Waals surface area contributed by atoms with Gasteiger partial charge in [0.05, 0.1) is 0 Å². The van der Waals surface area contributed by atoms with E-state index >= 15 is 0 Å². The third-order valence-electron chi connectivity index (χ3n) is 4.52. The highest BCUT2D eigenvalue weighted by molar-refractivity contribution is 8.00. The van der Waals surface area contributed by atoms with Crippen molar-refractivity contribution in [3.8, 4) is 0 Å². The van der Waals surface area contributed by atoms with Crippen LogP contribution in [0.3, 0.4) is 0 Å². The molecule has 1 aromatic rings. The second kappa shape index (κ2) is 7.12. The number of ether oxygens (including phenoxy) is 2. The quantitative estimate of drug-likeness (QED) is 0.504. The lowest BCUT2D eigenvalue weighted by molar-refractivity contribution is -0.0681. The summed E-state index contributed by atoms with van der Waals surface area (Å²) in [5.74, 6) is 0.942. The van der Waals surface area contributed by atoms with Crippen molar-refractivity contribution in [3.05, 3.63) is 6.33 Å². The Morgan fingerprint density at radius 2 is 2.22 bits per heavy atom. The molecule has 0 aromatic carbocycles. The summed E-state index contributed by atoms with van der Waals surface area (Å²) in [6.07, 6.45) is -0.958. The number of hydrogen-bond donors (Lipinski definition) is 4. The predicted octanol–water partition coefficient (Wildman–Crippen LogP) is 0.533. The number of nitrogen functional groups attached to an aromatic ring is 1. The molecule has 2 fully saturated rings. The largest absolute Gasteiger partial charge is 0.570 e. The van der Waals surface area contributed by atoms with Crippen molar-refractivity contribution in [2.75, 3.05) is 29.7 Å². The Kier molecular flexibility index (Phi) is 5.10. The van der Waals surface area contributed by atoms with Crippen LogP contribution in [0.5, 0.6) is 0 Å². The summed E-state index contributed by atoms with van der Waals surface area (Å²) in [6.45, 7) is 4.17. The molecule has 0 radical (unpaired) electrons. The average molecular weight is 420 g/mol. The van der Waals surface area contributed by atoms with E-state index in [0.29, 0.717) is 22.6 Å². The maximum absolute atomic E-state index is 9.80. The van der Waals surface area contributed by atoms with Crippen molar-refractivity contribution in [3.63, 3.8) is 0 Å². The summed E-state index contributed by atoms with van der Waals surface area (Å²) in [5.41, 5.74) is 6.43. The van der Waals surface area contributed by atoms with Gasteiger partial charge < -0.3 is 20.5 Å². The van der Waals surface area contributed by atoms with Crippen LogP contribution in [-0.4, -0.2) is 68.8 Å². The molecule has 11 nitrogen and oxygen atoms in total. The SMILES string of the molecule is CO[C@@H]1[C@H](N2c3ncnc(N)c3NC2SC(C)C)OC2CO[P+](O)(O)O[C@@H]21. The minimum absolute atomic E-state index is 0.00380. The van der Waals surface area contributed by atoms with Gasteiger partial charge in [-0.2, -0.15) is 14.3 Å². The van der Waals surface area contributed by atoms with Crippen LogP contribution in [0.25, 0.3) is 0 Å². The highest BCUT2D eigenvalue weighted by atomic mass is 32.2. The first-order chi connectivity index (χ1) is 12.8. The summed E-state index contributed by atoms with van der Waals surface area (Å²) >= 11 is 1.66. The van der Waals surface area contributed by atoms with Gasteiger partial charge in [-0.1, -0.05) is 13.8 Å². The van der Waals surface area contributed by atoms with Crippen LogP contribution in [0, 0.1) is 0 Å². The fraction of sp³-hybridized carbons (Fsp3) is 0.714. The molecule has 0 aliphatic carbocycles. The van der Waals surface area contributed by atoms with Gasteiger partial charge in [0.25, 0.3) is 0 Å². The number of methoxy groups -OCH3 is 1. The Morgan fingerprint density at radius 3 is 2.93 bits per heavy atom. The van der Waals surface area contributed by atoms with Gasteiger partial charge in [-0.3, -0.25) is 4.90 Å². The molecule has 150 valence electrons. The van der Waals surface area contributed by atoms with Gasteiger partial charge in [0.2, 0.25) is 0 Å². The first kappa shape index (κ1) is 19.3. The van der Waals surface area contributed by atoms with E-state index in [4.69, 9.17) is 24.3 Å². The van der Waals surface area contributed by atoms with E-state index in [1.165, 1.54) is 13.4 Å². The summed E-state index contributed by atoms with van der Waals surface area (Å²) < 4.78 is 22.1. The minimum atomic E-state index is -3.87. The lowest BCUT2D eigenvalue weighted by Gasteiger charge is -2.34. The smallest absolute Gasteiger partial charge is 0.382 e. The molecule has 0 saturated carbocycles. The third kappa shape index (κ3) is 3.45. The van der Waals surface area contributed by atoms with Gasteiger partial charge >= 0.3 is 8.17 Å². The topological polar surface area (TPSA) is 144 Å². The van der Waals surface area contributed by atoms with Crippen LogP contribution in [0.2, 0.25) is 0 Å². The first-order valence-corrected chi connectivity index (χ1v) is 10.9. The lowest BCUT2D eigenvalue weighted by atomic mass is 10.1. The Hall–Kier alpha value is -0.980. The van der Waals surface area contributed by atoms with Crippen LogP contribution in [0.15, 0.2) is 6.33 Å². The zero-order valence-electron chi connectivity index (χ0n) is 15.1. The van der Waals surface area contributed by atoms with E-state index in [1.807, 2.05) is 4.90 Å². The molecule has 3 aliphatic rings. The van der Waals surface area contributed by atoms with Crippen molar-refractivity contribution in [1.29, 1.82) is 0 Å². The second-order valence-electron chi connectivity index (χ2n) is 6.67. The van der Waals surface area contributed by atoms with Crippen LogP contribution >= 0.6 is 19.9 Å². The Labute approximate surface area is 161 Å². The van der Waals surface area contributed by atoms with E-state index in [0.717, 1.165) is 0 Å². The number of aromatic nitrogens is 2. The zero-order valence-corrected chi connectivity index (χ0v) is 16.8. The molecule has 5 N–H and O–H groups in total. The molecule has 0 amide bonds. The van der Waals surface area contributed by atoms with Crippen molar-refractivity contribution < 1.29 is 28.3 Å². The Bertz CT molecular complexity index is 715. The normalized spacial score (nSPS) is 34.4. The number of nitrogens with zero attached hydrogens (tertiary/aromatic N) is 3. The van der Waals surface area contributed by atoms with Crippen molar-refractivity contribution in [2.45, 2.75) is 49.1 Å². The molecule has 27 heavy (non-hydrogen) atoms. The van der Waals surface area contributed by atoms with E-state index < -0.39 is 32.7 Å². The average Bonchev–Trinajstić information content (AvgIpc) is 3.11. The van der Waals surface area contributed by atoms with E-state index in [9.17, 15) is 9.79 Å². The number of nitrogens with one attached hydrogen (secondary N) is 1. The predicted molar refractivity (Wildman–Crippen MR) is 101 cm³/mol. The van der Waals surface area contributed by atoms with Gasteiger partial charge in [0.15, 0.2) is 29.5 Å². The summed E-state index contributed by atoms with van der Waals surface area (Å²) in [6, 6.07) is 0. The molecule has 3 aliphatic heterocycles. The van der Waals surface area contributed by atoms with Gasteiger partial charge in [-0.25, -0.2) is 9.97 Å². The monoisotopic (exact) mass is 420 g/mol. The number of anilines is 3. The van der Waals surface area contributed by atoms with E-state index in [-0.39, 0.29) is 12.1 Å². The van der Waals surface area contributed by atoms with Gasteiger partial charge in [-0.05, 0) is 0 Å². The van der Waals surface area contributed by atoms with Gasteiger partial charge in [-0.15, -0.1) is 16.3 Å². The van der Waals surface area contributed by atoms with Crippen molar-refractivity contribution in [2.24, 2.45) is 0 Å². The first-order valence-electron chi connectivity index (χ1n) is 8.47. The van der Waals surface area contributed by atoms with E-state index in [1.54, 1.807) is 11.8 Å².